The second-order valence-corrected chi connectivity index (χ2v) is 7.20. The maximum atomic E-state index is 14.6. The quantitative estimate of drug-likeness (QED) is 0.436. The van der Waals surface area contributed by atoms with Crippen molar-refractivity contribution in [2.24, 2.45) is 0 Å². The van der Waals surface area contributed by atoms with Gasteiger partial charge >= 0.3 is 0 Å². The SMILES string of the molecule is CCN1CCc2c(c(-c3ccccc3F)nc3ccc4ccccc4c23)C1. The number of pyridine rings is 1. The van der Waals surface area contributed by atoms with E-state index >= 15 is 0 Å². The lowest BCUT2D eigenvalue weighted by Gasteiger charge is -2.30. The highest BCUT2D eigenvalue weighted by atomic mass is 19.1. The number of likely N-dealkylation sites (N-methyl/N-ethyl adjacent to an activating group) is 1. The monoisotopic (exact) mass is 356 g/mol. The Bertz CT molecular complexity index is 1170. The summed E-state index contributed by atoms with van der Waals surface area (Å²) in [5, 5.41) is 3.70. The molecular formula is C24H21FN2. The van der Waals surface area contributed by atoms with Gasteiger partial charge in [0.2, 0.25) is 0 Å². The molecule has 0 unspecified atom stereocenters. The summed E-state index contributed by atoms with van der Waals surface area (Å²) >= 11 is 0. The molecule has 5 rings (SSSR count). The average Bonchev–Trinajstić information content (AvgIpc) is 2.72. The maximum absolute atomic E-state index is 14.6. The second kappa shape index (κ2) is 6.43. The van der Waals surface area contributed by atoms with Crippen LogP contribution in [0.25, 0.3) is 32.9 Å². The van der Waals surface area contributed by atoms with Crippen LogP contribution in [0.4, 0.5) is 4.39 Å². The summed E-state index contributed by atoms with van der Waals surface area (Å²) in [7, 11) is 0. The Labute approximate surface area is 158 Å². The summed E-state index contributed by atoms with van der Waals surface area (Å²) in [5.41, 5.74) is 4.86. The number of aromatic nitrogens is 1. The van der Waals surface area contributed by atoms with Crippen molar-refractivity contribution in [2.75, 3.05) is 13.1 Å². The number of nitrogens with zero attached hydrogens (tertiary/aromatic N) is 2. The molecule has 0 bridgehead atoms. The van der Waals surface area contributed by atoms with Gasteiger partial charge in [-0.2, -0.15) is 0 Å². The molecule has 3 aromatic carbocycles. The molecule has 3 heteroatoms. The highest BCUT2D eigenvalue weighted by Crippen LogP contribution is 2.37. The average molecular weight is 356 g/mol. The molecule has 0 N–H and O–H groups in total. The first-order valence-electron chi connectivity index (χ1n) is 9.56. The fourth-order valence-electron chi connectivity index (χ4n) is 4.32. The van der Waals surface area contributed by atoms with E-state index in [-0.39, 0.29) is 5.82 Å². The van der Waals surface area contributed by atoms with Gasteiger partial charge in [0.25, 0.3) is 0 Å². The molecule has 0 radical (unpaired) electrons. The van der Waals surface area contributed by atoms with Gasteiger partial charge in [0.05, 0.1) is 11.2 Å². The van der Waals surface area contributed by atoms with Crippen LogP contribution in [0.15, 0.2) is 60.7 Å². The predicted octanol–water partition coefficient (Wildman–Crippen LogP) is 5.57. The summed E-state index contributed by atoms with van der Waals surface area (Å²) in [6.45, 7) is 5.02. The van der Waals surface area contributed by atoms with Crippen molar-refractivity contribution in [3.05, 3.63) is 77.6 Å². The topological polar surface area (TPSA) is 16.1 Å². The highest BCUT2D eigenvalue weighted by Gasteiger charge is 2.24. The molecule has 0 saturated heterocycles. The van der Waals surface area contributed by atoms with E-state index in [4.69, 9.17) is 4.98 Å². The van der Waals surface area contributed by atoms with Gasteiger partial charge in [0.1, 0.15) is 5.82 Å². The minimum Gasteiger partial charge on any atom is -0.299 e. The number of halogens is 1. The molecule has 0 atom stereocenters. The molecule has 0 saturated carbocycles. The molecule has 0 aliphatic carbocycles. The molecule has 1 aliphatic heterocycles. The molecule has 0 amide bonds. The third kappa shape index (κ3) is 2.62. The van der Waals surface area contributed by atoms with Crippen LogP contribution in [-0.4, -0.2) is 23.0 Å². The minimum absolute atomic E-state index is 0.207. The standard InChI is InChI=1S/C24H21FN2/c1-2-27-14-13-18-20(15-27)24(19-9-5-6-10-21(19)25)26-22-12-11-16-7-3-4-8-17(16)23(18)22/h3-12H,2,13-15H2,1H3. The largest absolute Gasteiger partial charge is 0.299 e. The van der Waals surface area contributed by atoms with E-state index in [2.05, 4.69) is 48.2 Å². The Hall–Kier alpha value is -2.78. The van der Waals surface area contributed by atoms with Crippen LogP contribution in [-0.2, 0) is 13.0 Å². The van der Waals surface area contributed by atoms with Crippen LogP contribution in [0.3, 0.4) is 0 Å². The highest BCUT2D eigenvalue weighted by molar-refractivity contribution is 6.09. The predicted molar refractivity (Wildman–Crippen MR) is 109 cm³/mol. The molecule has 0 fully saturated rings. The van der Waals surface area contributed by atoms with Crippen LogP contribution < -0.4 is 0 Å². The van der Waals surface area contributed by atoms with Crippen molar-refractivity contribution in [3.8, 4) is 11.3 Å². The van der Waals surface area contributed by atoms with Gasteiger partial charge in [-0.25, -0.2) is 9.37 Å². The molecule has 2 nitrogen and oxygen atoms in total. The van der Waals surface area contributed by atoms with E-state index in [1.165, 1.54) is 33.4 Å². The lowest BCUT2D eigenvalue weighted by Crippen LogP contribution is -2.31. The zero-order valence-corrected chi connectivity index (χ0v) is 15.4. The Morgan fingerprint density at radius 1 is 0.963 bits per heavy atom. The zero-order chi connectivity index (χ0) is 18.4. The Morgan fingerprint density at radius 2 is 1.78 bits per heavy atom. The van der Waals surface area contributed by atoms with Crippen LogP contribution >= 0.6 is 0 Å². The van der Waals surface area contributed by atoms with E-state index < -0.39 is 0 Å². The first-order chi connectivity index (χ1) is 13.3. The number of hydrogen-bond acceptors (Lipinski definition) is 2. The van der Waals surface area contributed by atoms with Gasteiger partial charge in [0.15, 0.2) is 0 Å². The molecular weight excluding hydrogens is 335 g/mol. The van der Waals surface area contributed by atoms with Gasteiger partial charge in [-0.3, -0.25) is 4.90 Å². The van der Waals surface area contributed by atoms with Crippen molar-refractivity contribution in [1.29, 1.82) is 0 Å². The lowest BCUT2D eigenvalue weighted by atomic mass is 9.89. The number of rotatable bonds is 2. The van der Waals surface area contributed by atoms with E-state index in [1.54, 1.807) is 6.07 Å². The van der Waals surface area contributed by atoms with E-state index in [0.29, 0.717) is 5.56 Å². The first kappa shape index (κ1) is 16.4. The lowest BCUT2D eigenvalue weighted by molar-refractivity contribution is 0.269. The Balaban J connectivity index is 1.89. The third-order valence-corrected chi connectivity index (χ3v) is 5.73. The molecule has 1 aromatic heterocycles. The molecule has 0 spiro atoms. The molecule has 4 aromatic rings. The maximum Gasteiger partial charge on any atom is 0.132 e. The summed E-state index contributed by atoms with van der Waals surface area (Å²) < 4.78 is 14.6. The number of benzene rings is 3. The zero-order valence-electron chi connectivity index (χ0n) is 15.4. The van der Waals surface area contributed by atoms with Crippen LogP contribution in [0.1, 0.15) is 18.1 Å². The van der Waals surface area contributed by atoms with Gasteiger partial charge in [-0.1, -0.05) is 49.4 Å². The van der Waals surface area contributed by atoms with Crippen molar-refractivity contribution in [1.82, 2.24) is 9.88 Å². The second-order valence-electron chi connectivity index (χ2n) is 7.20. The number of hydrogen-bond donors (Lipinski definition) is 0. The summed E-state index contributed by atoms with van der Waals surface area (Å²) in [4.78, 5) is 7.38. The van der Waals surface area contributed by atoms with Gasteiger partial charge < -0.3 is 0 Å². The molecule has 27 heavy (non-hydrogen) atoms. The first-order valence-corrected chi connectivity index (χ1v) is 9.56. The van der Waals surface area contributed by atoms with Crippen LogP contribution in [0.2, 0.25) is 0 Å². The normalized spacial score (nSPS) is 14.6. The summed E-state index contributed by atoms with van der Waals surface area (Å²) in [6, 6.07) is 19.7. The fourth-order valence-corrected chi connectivity index (χ4v) is 4.32. The van der Waals surface area contributed by atoms with E-state index in [9.17, 15) is 4.39 Å². The van der Waals surface area contributed by atoms with Gasteiger partial charge in [0, 0.05) is 24.0 Å². The fraction of sp³-hybridized carbons (Fsp3) is 0.208. The van der Waals surface area contributed by atoms with Crippen molar-refractivity contribution in [2.45, 2.75) is 19.9 Å². The van der Waals surface area contributed by atoms with Crippen molar-refractivity contribution < 1.29 is 4.39 Å². The Kier molecular flexibility index (Phi) is 3.91. The number of fused-ring (bicyclic) bond motifs is 5. The molecule has 1 aliphatic rings. The smallest absolute Gasteiger partial charge is 0.132 e. The van der Waals surface area contributed by atoms with Gasteiger partial charge in [-0.05, 0) is 53.1 Å². The Morgan fingerprint density at radius 3 is 2.63 bits per heavy atom. The third-order valence-electron chi connectivity index (χ3n) is 5.73. The van der Waals surface area contributed by atoms with Crippen LogP contribution in [0.5, 0.6) is 0 Å². The van der Waals surface area contributed by atoms with Gasteiger partial charge in [-0.15, -0.1) is 0 Å². The summed E-state index contributed by atoms with van der Waals surface area (Å²) in [6.07, 6.45) is 0.970. The minimum atomic E-state index is -0.207. The van der Waals surface area contributed by atoms with E-state index in [0.717, 1.165) is 37.3 Å². The summed E-state index contributed by atoms with van der Waals surface area (Å²) in [5.74, 6) is -0.207. The van der Waals surface area contributed by atoms with E-state index in [1.807, 2.05) is 12.1 Å². The molecule has 2 heterocycles. The van der Waals surface area contributed by atoms with Crippen molar-refractivity contribution in [3.63, 3.8) is 0 Å². The molecule has 134 valence electrons. The van der Waals surface area contributed by atoms with Crippen LogP contribution in [0, 0.1) is 5.82 Å². The van der Waals surface area contributed by atoms with Crippen molar-refractivity contribution >= 4 is 21.7 Å².